The lowest BCUT2D eigenvalue weighted by molar-refractivity contribution is -0.138. The SMILES string of the molecule is Cc1ccc(-c2ncccn2)c(C(=O)N2CCC3(CCCC3)CC2CCc2ccc(C(F)(F)F)cn2)c1.Cc1ccc(-n2nccn2)c(C(=O)N2CCC3(CCCC3)CC2CCc2ccc(C(F)(F)F)cn2)c1. The maximum absolute atomic E-state index is 14.1. The molecule has 2 aliphatic carbocycles. The minimum absolute atomic E-state index is 0.00602. The number of carbonyl (C=O) groups is 2. The van der Waals surface area contributed by atoms with E-state index < -0.39 is 23.5 Å². The van der Waals surface area contributed by atoms with Gasteiger partial charge in [0.25, 0.3) is 11.8 Å². The number of hydrogen-bond donors (Lipinski definition) is 0. The molecule has 2 unspecified atom stereocenters. The Bertz CT molecular complexity index is 2830. The van der Waals surface area contributed by atoms with Crippen LogP contribution in [0.4, 0.5) is 26.3 Å². The summed E-state index contributed by atoms with van der Waals surface area (Å²) in [6.07, 6.45) is 15.2. The molecule has 4 aliphatic rings. The van der Waals surface area contributed by atoms with Crippen molar-refractivity contribution in [2.75, 3.05) is 13.1 Å². The Balaban J connectivity index is 0.000000180. The van der Waals surface area contributed by atoms with Crippen molar-refractivity contribution >= 4 is 11.8 Å². The van der Waals surface area contributed by atoms with Crippen molar-refractivity contribution in [2.24, 2.45) is 10.8 Å². The van der Waals surface area contributed by atoms with E-state index in [0.29, 0.717) is 78.4 Å². The zero-order chi connectivity index (χ0) is 51.4. The maximum Gasteiger partial charge on any atom is 0.417 e. The molecule has 2 aliphatic heterocycles. The highest BCUT2D eigenvalue weighted by atomic mass is 19.4. The van der Waals surface area contributed by atoms with Crippen LogP contribution in [0.15, 0.2) is 104 Å². The maximum atomic E-state index is 14.1. The summed E-state index contributed by atoms with van der Waals surface area (Å²) < 4.78 is 77.7. The summed E-state index contributed by atoms with van der Waals surface area (Å²) in [5.41, 5.74) is 4.70. The van der Waals surface area contributed by atoms with Crippen molar-refractivity contribution in [1.29, 1.82) is 0 Å². The van der Waals surface area contributed by atoms with Gasteiger partial charge >= 0.3 is 12.4 Å². The van der Waals surface area contributed by atoms with Crippen LogP contribution in [0.5, 0.6) is 0 Å². The topological polar surface area (TPSA) is 123 Å². The Kier molecular flexibility index (Phi) is 15.1. The van der Waals surface area contributed by atoms with Gasteiger partial charge in [-0.2, -0.15) is 41.3 Å². The number of aromatic nitrogens is 7. The van der Waals surface area contributed by atoms with E-state index in [1.54, 1.807) is 30.9 Å². The molecular weight excluding hydrogens is 945 g/mol. The molecule has 73 heavy (non-hydrogen) atoms. The summed E-state index contributed by atoms with van der Waals surface area (Å²) in [5, 5.41) is 8.46. The number of piperidine rings is 2. The van der Waals surface area contributed by atoms with Crippen LogP contribution >= 0.6 is 0 Å². The van der Waals surface area contributed by atoms with E-state index in [0.717, 1.165) is 61.3 Å². The Morgan fingerprint density at radius 3 is 1.51 bits per heavy atom. The average Bonchev–Trinajstić information content (AvgIpc) is 4.19. The van der Waals surface area contributed by atoms with Gasteiger partial charge in [-0.1, -0.05) is 55.0 Å². The lowest BCUT2D eigenvalue weighted by Gasteiger charge is -2.45. The van der Waals surface area contributed by atoms with Crippen LogP contribution in [0.3, 0.4) is 0 Å². The van der Waals surface area contributed by atoms with Gasteiger partial charge in [0.05, 0.1) is 40.3 Å². The van der Waals surface area contributed by atoms with E-state index in [1.807, 2.05) is 60.0 Å². The van der Waals surface area contributed by atoms with Crippen molar-refractivity contribution in [1.82, 2.24) is 44.7 Å². The fourth-order valence-corrected chi connectivity index (χ4v) is 11.9. The van der Waals surface area contributed by atoms with E-state index in [4.69, 9.17) is 0 Å². The zero-order valence-corrected chi connectivity index (χ0v) is 41.3. The molecule has 4 aromatic heterocycles. The van der Waals surface area contributed by atoms with Gasteiger partial charge in [0.2, 0.25) is 0 Å². The van der Waals surface area contributed by atoms with Crippen molar-refractivity contribution in [2.45, 2.75) is 141 Å². The first-order valence-corrected chi connectivity index (χ1v) is 25.5. The number of pyridine rings is 2. The molecule has 2 atom stereocenters. The first-order chi connectivity index (χ1) is 35.0. The summed E-state index contributed by atoms with van der Waals surface area (Å²) in [7, 11) is 0. The molecule has 17 heteroatoms. The van der Waals surface area contributed by atoms with E-state index in [-0.39, 0.29) is 34.7 Å². The van der Waals surface area contributed by atoms with Gasteiger partial charge in [-0.05, 0) is 150 Å². The molecule has 6 aromatic rings. The molecule has 2 saturated carbocycles. The number of rotatable bonds is 10. The monoisotopic (exact) mass is 1010 g/mol. The third-order valence-electron chi connectivity index (χ3n) is 15.8. The highest BCUT2D eigenvalue weighted by molar-refractivity contribution is 6.00. The molecule has 2 amide bonds. The number of aryl methyl sites for hydroxylation is 4. The van der Waals surface area contributed by atoms with Crippen molar-refractivity contribution in [3.63, 3.8) is 0 Å². The number of carbonyl (C=O) groups excluding carboxylic acids is 2. The van der Waals surface area contributed by atoms with Gasteiger partial charge in [-0.25, -0.2) is 9.97 Å². The highest BCUT2D eigenvalue weighted by Crippen LogP contribution is 2.50. The van der Waals surface area contributed by atoms with Crippen molar-refractivity contribution < 1.29 is 35.9 Å². The fraction of sp³-hybridized carbons (Fsp3) is 0.464. The first-order valence-electron chi connectivity index (χ1n) is 25.5. The van der Waals surface area contributed by atoms with Crippen LogP contribution in [0.2, 0.25) is 0 Å². The minimum atomic E-state index is -4.40. The Morgan fingerprint density at radius 2 is 1.04 bits per heavy atom. The van der Waals surface area contributed by atoms with Crippen LogP contribution < -0.4 is 0 Å². The fourth-order valence-electron chi connectivity index (χ4n) is 11.9. The van der Waals surface area contributed by atoms with Crippen LogP contribution in [0.1, 0.15) is 144 Å². The lowest BCUT2D eigenvalue weighted by Crippen LogP contribution is -2.49. The largest absolute Gasteiger partial charge is 0.417 e. The quantitative estimate of drug-likeness (QED) is 0.124. The summed E-state index contributed by atoms with van der Waals surface area (Å²) in [6.45, 7) is 5.26. The molecule has 10 rings (SSSR count). The van der Waals surface area contributed by atoms with Gasteiger partial charge in [0.15, 0.2) is 5.82 Å². The smallest absolute Gasteiger partial charge is 0.336 e. The van der Waals surface area contributed by atoms with E-state index in [9.17, 15) is 35.9 Å². The van der Waals surface area contributed by atoms with E-state index in [1.165, 1.54) is 68.3 Å². The van der Waals surface area contributed by atoms with Gasteiger partial charge in [0, 0.05) is 66.9 Å². The Morgan fingerprint density at radius 1 is 0.575 bits per heavy atom. The number of halogens is 6. The number of hydrogen-bond acceptors (Lipinski definition) is 8. The Labute approximate surface area is 421 Å². The first kappa shape index (κ1) is 51.4. The molecule has 0 radical (unpaired) electrons. The predicted octanol–water partition coefficient (Wildman–Crippen LogP) is 12.5. The van der Waals surface area contributed by atoms with E-state index >= 15 is 0 Å². The number of benzene rings is 2. The van der Waals surface area contributed by atoms with Gasteiger partial charge in [-0.3, -0.25) is 19.6 Å². The second kappa shape index (κ2) is 21.5. The van der Waals surface area contributed by atoms with Crippen molar-refractivity contribution in [3.8, 4) is 17.1 Å². The molecule has 0 N–H and O–H groups in total. The predicted molar refractivity (Wildman–Crippen MR) is 263 cm³/mol. The molecule has 2 saturated heterocycles. The molecule has 11 nitrogen and oxygen atoms in total. The van der Waals surface area contributed by atoms with Crippen molar-refractivity contribution in [3.05, 3.63) is 149 Å². The number of alkyl halides is 6. The summed E-state index contributed by atoms with van der Waals surface area (Å²) in [6, 6.07) is 18.3. The van der Waals surface area contributed by atoms with Gasteiger partial charge in [-0.15, -0.1) is 0 Å². The highest BCUT2D eigenvalue weighted by Gasteiger charge is 2.45. The Hall–Kier alpha value is -6.52. The molecule has 2 aromatic carbocycles. The van der Waals surface area contributed by atoms with Crippen LogP contribution in [-0.4, -0.2) is 81.7 Å². The third kappa shape index (κ3) is 12.0. The summed E-state index contributed by atoms with van der Waals surface area (Å²) >= 11 is 0. The number of likely N-dealkylation sites (tertiary alicyclic amines) is 2. The van der Waals surface area contributed by atoms with Crippen LogP contribution in [-0.2, 0) is 25.2 Å². The van der Waals surface area contributed by atoms with Gasteiger partial charge < -0.3 is 9.80 Å². The van der Waals surface area contributed by atoms with Crippen LogP contribution in [0.25, 0.3) is 17.1 Å². The second-order valence-corrected chi connectivity index (χ2v) is 20.7. The zero-order valence-electron chi connectivity index (χ0n) is 41.3. The van der Waals surface area contributed by atoms with Gasteiger partial charge in [0.1, 0.15) is 0 Å². The average molecular weight is 1010 g/mol. The third-order valence-corrected chi connectivity index (χ3v) is 15.8. The standard InChI is InChI=1S/C29H31F3N4O.C27H30F3N5O/c1-20-5-10-24(26-33-14-4-15-34-26)25(17-20)27(37)36-16-13-28(11-2-3-12-28)18-23(36)9-8-22-7-6-21(19-35-22)29(30,31)32;1-19-4-9-24(35-32-13-14-33-35)23(16-19)25(36)34-15-12-26(10-2-3-11-26)17-22(34)8-7-21-6-5-20(18-31-21)27(28,29)30/h4-7,10,14-15,17,19,23H,2-3,8-9,11-13,16,18H2,1H3;4-6,9,13-14,16,18,22H,2-3,7-8,10-12,15,17H2,1H3. The molecular formula is C56H61F6N9O2. The molecule has 4 fully saturated rings. The molecule has 6 heterocycles. The number of amides is 2. The minimum Gasteiger partial charge on any atom is -0.336 e. The second-order valence-electron chi connectivity index (χ2n) is 20.7. The molecule has 0 bridgehead atoms. The molecule has 384 valence electrons. The summed E-state index contributed by atoms with van der Waals surface area (Å²) in [4.78, 5) is 50.3. The van der Waals surface area contributed by atoms with E-state index in [2.05, 4.69) is 30.1 Å². The number of nitrogens with zero attached hydrogens (tertiary/aromatic N) is 9. The lowest BCUT2D eigenvalue weighted by atomic mass is 9.73. The van der Waals surface area contributed by atoms with Crippen LogP contribution in [0, 0.1) is 24.7 Å². The normalized spacial score (nSPS) is 19.5. The molecule has 2 spiro atoms. The summed E-state index contributed by atoms with van der Waals surface area (Å²) in [5.74, 6) is 0.425.